The van der Waals surface area contributed by atoms with Crippen molar-refractivity contribution in [1.29, 1.82) is 0 Å². The van der Waals surface area contributed by atoms with Crippen LogP contribution in [-0.2, 0) is 17.6 Å². The molecule has 0 radical (unpaired) electrons. The molecule has 0 spiro atoms. The Morgan fingerprint density at radius 3 is 2.71 bits per heavy atom. The maximum atomic E-state index is 11.4. The molecule has 1 saturated heterocycles. The van der Waals surface area contributed by atoms with Crippen LogP contribution < -0.4 is 10.6 Å². The van der Waals surface area contributed by atoms with E-state index in [1.807, 2.05) is 17.6 Å². The minimum atomic E-state index is -0.166. The minimum absolute atomic E-state index is 0.00925. The van der Waals surface area contributed by atoms with Gasteiger partial charge in [0.2, 0.25) is 5.91 Å². The summed E-state index contributed by atoms with van der Waals surface area (Å²) in [5.74, 6) is 0.918. The highest BCUT2D eigenvalue weighted by molar-refractivity contribution is 7.98. The number of carbonyl (C=O) groups is 1. The molecule has 1 fully saturated rings. The predicted octanol–water partition coefficient (Wildman–Crippen LogP) is 2.99. The molecule has 3 heterocycles. The molecule has 7 heteroatoms. The van der Waals surface area contributed by atoms with E-state index in [1.54, 1.807) is 11.8 Å². The van der Waals surface area contributed by atoms with Gasteiger partial charge in [0.1, 0.15) is 10.6 Å². The maximum Gasteiger partial charge on any atom is 0.220 e. The number of amides is 1. The predicted molar refractivity (Wildman–Crippen MR) is 100.0 cm³/mol. The van der Waals surface area contributed by atoms with Crippen LogP contribution in [0.3, 0.4) is 0 Å². The molecule has 1 amide bonds. The average Bonchev–Trinajstić information content (AvgIpc) is 2.99. The normalized spacial score (nSPS) is 18.8. The van der Waals surface area contributed by atoms with Crippen LogP contribution in [0.2, 0.25) is 0 Å². The van der Waals surface area contributed by atoms with Gasteiger partial charge in [-0.15, -0.1) is 11.3 Å². The van der Waals surface area contributed by atoms with Crippen molar-refractivity contribution in [2.24, 2.45) is 11.7 Å². The zero-order valence-corrected chi connectivity index (χ0v) is 15.5. The van der Waals surface area contributed by atoms with Gasteiger partial charge in [0.05, 0.1) is 5.39 Å². The first-order valence-electron chi connectivity index (χ1n) is 8.58. The summed E-state index contributed by atoms with van der Waals surface area (Å²) >= 11 is 3.44. The molecule has 4 rings (SSSR count). The van der Waals surface area contributed by atoms with E-state index in [0.717, 1.165) is 48.2 Å². The highest BCUT2D eigenvalue weighted by Crippen LogP contribution is 2.41. The first-order chi connectivity index (χ1) is 11.7. The molecular weight excluding hydrogens is 340 g/mol. The topological polar surface area (TPSA) is 72.1 Å². The van der Waals surface area contributed by atoms with Gasteiger partial charge in [-0.3, -0.25) is 4.79 Å². The van der Waals surface area contributed by atoms with E-state index < -0.39 is 0 Å². The number of nitrogens with zero attached hydrogens (tertiary/aromatic N) is 3. The highest BCUT2D eigenvalue weighted by Gasteiger charge is 2.28. The van der Waals surface area contributed by atoms with Gasteiger partial charge in [0, 0.05) is 23.9 Å². The van der Waals surface area contributed by atoms with Crippen molar-refractivity contribution in [2.45, 2.75) is 43.7 Å². The number of hydrogen-bond acceptors (Lipinski definition) is 6. The van der Waals surface area contributed by atoms with Crippen LogP contribution in [0.1, 0.15) is 36.1 Å². The van der Waals surface area contributed by atoms with Crippen LogP contribution in [0.4, 0.5) is 5.82 Å². The van der Waals surface area contributed by atoms with Crippen molar-refractivity contribution < 1.29 is 4.79 Å². The Hall–Kier alpha value is -1.34. The van der Waals surface area contributed by atoms with Gasteiger partial charge in [0.25, 0.3) is 0 Å². The van der Waals surface area contributed by atoms with Crippen LogP contribution in [0.5, 0.6) is 0 Å². The van der Waals surface area contributed by atoms with Crippen LogP contribution >= 0.6 is 23.1 Å². The quantitative estimate of drug-likeness (QED) is 0.671. The minimum Gasteiger partial charge on any atom is -0.369 e. The number of thiophene rings is 1. The summed E-state index contributed by atoms with van der Waals surface area (Å²) in [5, 5.41) is 2.11. The number of primary amides is 1. The van der Waals surface area contributed by atoms with E-state index in [1.165, 1.54) is 35.1 Å². The van der Waals surface area contributed by atoms with E-state index in [2.05, 4.69) is 4.90 Å². The second kappa shape index (κ2) is 6.52. The van der Waals surface area contributed by atoms with Crippen molar-refractivity contribution >= 4 is 45.0 Å². The Labute approximate surface area is 150 Å². The largest absolute Gasteiger partial charge is 0.369 e. The van der Waals surface area contributed by atoms with E-state index in [9.17, 15) is 4.79 Å². The summed E-state index contributed by atoms with van der Waals surface area (Å²) < 4.78 is 0. The summed E-state index contributed by atoms with van der Waals surface area (Å²) in [7, 11) is 0. The van der Waals surface area contributed by atoms with E-state index in [-0.39, 0.29) is 11.8 Å². The van der Waals surface area contributed by atoms with Crippen LogP contribution in [0.15, 0.2) is 5.16 Å². The maximum absolute atomic E-state index is 11.4. The average molecular weight is 363 g/mol. The number of piperidine rings is 1. The van der Waals surface area contributed by atoms with Crippen molar-refractivity contribution in [3.8, 4) is 0 Å². The second-order valence-corrected chi connectivity index (χ2v) is 8.45. The smallest absolute Gasteiger partial charge is 0.220 e. The number of carbonyl (C=O) groups excluding carboxylic acids is 1. The summed E-state index contributed by atoms with van der Waals surface area (Å²) in [6.45, 7) is 1.69. The highest BCUT2D eigenvalue weighted by atomic mass is 32.2. The molecule has 2 N–H and O–H groups in total. The molecule has 0 unspecified atom stereocenters. The Kier molecular flexibility index (Phi) is 4.39. The molecule has 2 aromatic heterocycles. The van der Waals surface area contributed by atoms with Gasteiger partial charge >= 0.3 is 0 Å². The Bertz CT molecular complexity index is 780. The SMILES string of the molecule is CSc1nc(N2CCC(C(N)=O)CC2)c2c3c(sc2n1)CCCC3. The molecule has 0 aromatic carbocycles. The summed E-state index contributed by atoms with van der Waals surface area (Å²) in [4.78, 5) is 26.0. The van der Waals surface area contributed by atoms with E-state index >= 15 is 0 Å². The van der Waals surface area contributed by atoms with Crippen molar-refractivity contribution in [3.63, 3.8) is 0 Å². The van der Waals surface area contributed by atoms with Gasteiger partial charge < -0.3 is 10.6 Å². The lowest BCUT2D eigenvalue weighted by molar-refractivity contribution is -0.122. The zero-order chi connectivity index (χ0) is 16.7. The zero-order valence-electron chi connectivity index (χ0n) is 13.9. The van der Waals surface area contributed by atoms with Gasteiger partial charge in [-0.25, -0.2) is 9.97 Å². The van der Waals surface area contributed by atoms with Gasteiger partial charge in [0.15, 0.2) is 5.16 Å². The molecule has 24 heavy (non-hydrogen) atoms. The van der Waals surface area contributed by atoms with E-state index in [0.29, 0.717) is 0 Å². The lowest BCUT2D eigenvalue weighted by atomic mass is 9.94. The Balaban J connectivity index is 1.76. The van der Waals surface area contributed by atoms with Gasteiger partial charge in [-0.2, -0.15) is 0 Å². The molecule has 1 aliphatic carbocycles. The number of aromatic nitrogens is 2. The van der Waals surface area contributed by atoms with Crippen LogP contribution in [0.25, 0.3) is 10.2 Å². The van der Waals surface area contributed by atoms with Gasteiger partial charge in [-0.05, 0) is 50.3 Å². The fourth-order valence-electron chi connectivity index (χ4n) is 3.82. The summed E-state index contributed by atoms with van der Waals surface area (Å²) in [5.41, 5.74) is 6.95. The fraction of sp³-hybridized carbons (Fsp3) is 0.588. The third kappa shape index (κ3) is 2.77. The number of aryl methyl sites for hydroxylation is 2. The van der Waals surface area contributed by atoms with Crippen molar-refractivity contribution in [2.75, 3.05) is 24.2 Å². The fourth-order valence-corrected chi connectivity index (χ4v) is 5.49. The number of thioether (sulfide) groups is 1. The van der Waals surface area contributed by atoms with Crippen LogP contribution in [0, 0.1) is 5.92 Å². The molecule has 5 nitrogen and oxygen atoms in total. The first kappa shape index (κ1) is 16.1. The standard InChI is InChI=1S/C17H22N4OS2/c1-23-17-19-15(21-8-6-10(7-9-21)14(18)22)13-11-4-2-3-5-12(11)24-16(13)20-17/h10H,2-9H2,1H3,(H2,18,22). The monoisotopic (exact) mass is 362 g/mol. The van der Waals surface area contributed by atoms with Crippen LogP contribution in [-0.4, -0.2) is 35.2 Å². The number of nitrogens with two attached hydrogens (primary N) is 1. The molecule has 0 atom stereocenters. The summed E-state index contributed by atoms with van der Waals surface area (Å²) in [6.07, 6.45) is 8.52. The number of hydrogen-bond donors (Lipinski definition) is 1. The van der Waals surface area contributed by atoms with Crippen molar-refractivity contribution in [1.82, 2.24) is 9.97 Å². The molecule has 1 aliphatic heterocycles. The molecule has 2 aliphatic rings. The third-order valence-corrected chi connectivity index (χ3v) is 6.89. The lowest BCUT2D eigenvalue weighted by Crippen LogP contribution is -2.39. The Morgan fingerprint density at radius 2 is 2.00 bits per heavy atom. The molecule has 128 valence electrons. The molecule has 0 bridgehead atoms. The second-order valence-electron chi connectivity index (χ2n) is 6.59. The lowest BCUT2D eigenvalue weighted by Gasteiger charge is -2.32. The first-order valence-corrected chi connectivity index (χ1v) is 10.6. The molecule has 0 saturated carbocycles. The number of fused-ring (bicyclic) bond motifs is 3. The number of anilines is 1. The summed E-state index contributed by atoms with van der Waals surface area (Å²) in [6, 6.07) is 0. The third-order valence-electron chi connectivity index (χ3n) is 5.15. The Morgan fingerprint density at radius 1 is 1.25 bits per heavy atom. The molecular formula is C17H22N4OS2. The molecule has 2 aromatic rings. The van der Waals surface area contributed by atoms with E-state index in [4.69, 9.17) is 15.7 Å². The number of rotatable bonds is 3. The van der Waals surface area contributed by atoms with Crippen molar-refractivity contribution in [3.05, 3.63) is 10.4 Å². The van der Waals surface area contributed by atoms with Gasteiger partial charge in [-0.1, -0.05) is 11.8 Å².